The van der Waals surface area contributed by atoms with Gasteiger partial charge in [0.25, 0.3) is 0 Å². The Labute approximate surface area is 362 Å². The monoisotopic (exact) mass is 884 g/mol. The van der Waals surface area contributed by atoms with Crippen molar-refractivity contribution in [3.8, 4) is 18.1 Å². The normalized spacial score (nSPS) is 19.0. The number of terminal acetylenes is 1. The molecular formula is C45H60F3N6O7P. The Kier molecular flexibility index (Phi) is 19.1. The standard InChI is InChI=1S/C45H60F3N6O7P/c1-3-5-6-7-8-9-10-11-12-13-14-15-16-17-18-22-25-58-43(56)37(28-33-26-34(46)29-35(47)27-33)53-62(57,61-36-23-20-19-21-24-36)59-31-45(4-2)38(55)30-39(60-45)54-32-50-40-41(49)51-44(48)52-42(40)54/h2,19-21,23-24,26-27,29,32,37-39,55H,3,5-18,22,25,28,30-31H2,1H3,(H,53,57)(H2,49,51,52)/t37-,38-,39+,45+,62-/m0/s1. The van der Waals surface area contributed by atoms with Gasteiger partial charge in [-0.25, -0.2) is 18.3 Å². The fourth-order valence-electron chi connectivity index (χ4n) is 7.50. The van der Waals surface area contributed by atoms with E-state index in [0.717, 1.165) is 37.8 Å². The molecule has 0 amide bonds. The van der Waals surface area contributed by atoms with Crippen LogP contribution in [-0.2, 0) is 29.8 Å². The van der Waals surface area contributed by atoms with Crippen LogP contribution in [0.3, 0.4) is 0 Å². The number of aliphatic hydroxyl groups excluding tert-OH is 1. The van der Waals surface area contributed by atoms with E-state index in [1.54, 1.807) is 18.2 Å². The second kappa shape index (κ2) is 24.4. The number of benzene rings is 2. The van der Waals surface area contributed by atoms with Crippen molar-refractivity contribution in [2.75, 3.05) is 18.9 Å². The number of aliphatic hydroxyl groups is 1. The van der Waals surface area contributed by atoms with Crippen molar-refractivity contribution in [3.05, 3.63) is 78.1 Å². The third-order valence-corrected chi connectivity index (χ3v) is 12.5. The number of esters is 1. The average Bonchev–Trinajstić information content (AvgIpc) is 3.81. The molecule has 338 valence electrons. The van der Waals surface area contributed by atoms with Crippen LogP contribution in [0.2, 0.25) is 0 Å². The topological polar surface area (TPSA) is 173 Å². The minimum Gasteiger partial charge on any atom is -0.465 e. The van der Waals surface area contributed by atoms with Gasteiger partial charge in [-0.05, 0) is 42.7 Å². The summed E-state index contributed by atoms with van der Waals surface area (Å²) in [5, 5.41) is 13.9. The maximum absolute atomic E-state index is 14.7. The molecule has 0 unspecified atom stereocenters. The number of unbranched alkanes of at least 4 members (excludes halogenated alkanes) is 15. The number of nitrogens with two attached hydrogens (primary N) is 1. The molecule has 4 aromatic rings. The summed E-state index contributed by atoms with van der Waals surface area (Å²) < 4.78 is 82.3. The van der Waals surface area contributed by atoms with E-state index in [-0.39, 0.29) is 47.7 Å². The summed E-state index contributed by atoms with van der Waals surface area (Å²) in [6.07, 6.45) is 22.1. The van der Waals surface area contributed by atoms with Crippen molar-refractivity contribution in [1.82, 2.24) is 24.6 Å². The summed E-state index contributed by atoms with van der Waals surface area (Å²) in [5.74, 6) is -0.356. The fraction of sp³-hybridized carbons (Fsp3) is 0.556. The molecule has 4 N–H and O–H groups in total. The van der Waals surface area contributed by atoms with E-state index in [9.17, 15) is 27.6 Å². The van der Waals surface area contributed by atoms with Gasteiger partial charge in [-0.1, -0.05) is 127 Å². The first kappa shape index (κ1) is 48.5. The predicted molar refractivity (Wildman–Crippen MR) is 230 cm³/mol. The number of hydrogen-bond acceptors (Lipinski definition) is 11. The number of imidazole rings is 1. The van der Waals surface area contributed by atoms with Crippen LogP contribution in [0, 0.1) is 30.1 Å². The van der Waals surface area contributed by atoms with Crippen LogP contribution < -0.4 is 15.3 Å². The van der Waals surface area contributed by atoms with Gasteiger partial charge in [-0.15, -0.1) is 6.42 Å². The first-order valence-corrected chi connectivity index (χ1v) is 23.4. The molecule has 0 spiro atoms. The smallest absolute Gasteiger partial charge is 0.459 e. The van der Waals surface area contributed by atoms with E-state index in [1.165, 1.54) is 93.7 Å². The van der Waals surface area contributed by atoms with Crippen LogP contribution in [0.4, 0.5) is 19.0 Å². The van der Waals surface area contributed by atoms with Gasteiger partial charge >= 0.3 is 19.8 Å². The molecule has 0 saturated carbocycles. The lowest BCUT2D eigenvalue weighted by Crippen LogP contribution is -2.44. The lowest BCUT2D eigenvalue weighted by molar-refractivity contribution is -0.146. The number of rotatable bonds is 28. The summed E-state index contributed by atoms with van der Waals surface area (Å²) in [6.45, 7) is 1.55. The van der Waals surface area contributed by atoms with Gasteiger partial charge in [0.05, 0.1) is 12.9 Å². The molecule has 5 atom stereocenters. The Morgan fingerprint density at radius 1 is 0.968 bits per heavy atom. The zero-order chi connectivity index (χ0) is 44.4. The molecule has 1 aliphatic heterocycles. The molecule has 0 bridgehead atoms. The minimum absolute atomic E-state index is 0.0181. The van der Waals surface area contributed by atoms with Crippen LogP contribution in [0.5, 0.6) is 5.75 Å². The maximum Gasteiger partial charge on any atom is 0.459 e. The van der Waals surface area contributed by atoms with Crippen molar-refractivity contribution in [2.45, 2.75) is 146 Å². The van der Waals surface area contributed by atoms with E-state index in [0.29, 0.717) is 12.5 Å². The largest absolute Gasteiger partial charge is 0.465 e. The average molecular weight is 885 g/mol. The van der Waals surface area contributed by atoms with Crippen LogP contribution >= 0.6 is 7.75 Å². The van der Waals surface area contributed by atoms with Crippen molar-refractivity contribution < 1.29 is 46.2 Å². The molecule has 0 radical (unpaired) electrons. The van der Waals surface area contributed by atoms with Gasteiger partial charge in [0.2, 0.25) is 0 Å². The number of halogens is 3. The molecule has 1 aliphatic rings. The van der Waals surface area contributed by atoms with Crippen LogP contribution in [0.1, 0.15) is 128 Å². The quantitative estimate of drug-likeness (QED) is 0.0162. The lowest BCUT2D eigenvalue weighted by atomic mass is 9.99. The summed E-state index contributed by atoms with van der Waals surface area (Å²) in [4.78, 5) is 25.1. The summed E-state index contributed by atoms with van der Waals surface area (Å²) in [6, 6.07) is 9.21. The zero-order valence-electron chi connectivity index (χ0n) is 35.5. The molecule has 1 fully saturated rings. The first-order chi connectivity index (χ1) is 29.9. The van der Waals surface area contributed by atoms with E-state index < -0.39 is 62.0 Å². The van der Waals surface area contributed by atoms with Gasteiger partial charge in [-0.3, -0.25) is 13.9 Å². The van der Waals surface area contributed by atoms with E-state index in [4.69, 9.17) is 30.7 Å². The van der Waals surface area contributed by atoms with E-state index in [1.807, 2.05) is 0 Å². The molecule has 13 nitrogen and oxygen atoms in total. The lowest BCUT2D eigenvalue weighted by Gasteiger charge is -2.30. The van der Waals surface area contributed by atoms with Crippen molar-refractivity contribution in [1.29, 1.82) is 0 Å². The Morgan fingerprint density at radius 3 is 2.16 bits per heavy atom. The number of nitrogen functional groups attached to an aromatic ring is 1. The van der Waals surface area contributed by atoms with Gasteiger partial charge in [0, 0.05) is 12.5 Å². The molecule has 62 heavy (non-hydrogen) atoms. The van der Waals surface area contributed by atoms with Gasteiger partial charge in [-0.2, -0.15) is 19.4 Å². The number of fused-ring (bicyclic) bond motifs is 1. The summed E-state index contributed by atoms with van der Waals surface area (Å²) in [5.41, 5.74) is 4.00. The first-order valence-electron chi connectivity index (χ1n) is 21.8. The highest BCUT2D eigenvalue weighted by Crippen LogP contribution is 2.48. The predicted octanol–water partition coefficient (Wildman–Crippen LogP) is 9.69. The molecule has 17 heteroatoms. The highest BCUT2D eigenvalue weighted by molar-refractivity contribution is 7.52. The van der Waals surface area contributed by atoms with Crippen molar-refractivity contribution >= 4 is 30.7 Å². The number of nitrogens with one attached hydrogen (secondary N) is 1. The van der Waals surface area contributed by atoms with Crippen LogP contribution in [-0.4, -0.2) is 61.6 Å². The summed E-state index contributed by atoms with van der Waals surface area (Å²) in [7, 11) is -4.69. The number of nitrogens with zero attached hydrogens (tertiary/aromatic N) is 4. The van der Waals surface area contributed by atoms with Crippen LogP contribution in [0.15, 0.2) is 54.9 Å². The second-order valence-corrected chi connectivity index (χ2v) is 17.6. The molecule has 2 aromatic heterocycles. The van der Waals surface area contributed by atoms with Crippen LogP contribution in [0.25, 0.3) is 11.2 Å². The number of anilines is 1. The van der Waals surface area contributed by atoms with E-state index in [2.05, 4.69) is 32.9 Å². The second-order valence-electron chi connectivity index (χ2n) is 15.9. The summed E-state index contributed by atoms with van der Waals surface area (Å²) >= 11 is 0. The zero-order valence-corrected chi connectivity index (χ0v) is 36.4. The molecule has 0 aliphatic carbocycles. The Bertz CT molecular complexity index is 2090. The number of ether oxygens (including phenoxy) is 2. The van der Waals surface area contributed by atoms with Gasteiger partial charge in [0.1, 0.15) is 42.4 Å². The number of hydrogen-bond donors (Lipinski definition) is 3. The molecule has 5 rings (SSSR count). The minimum atomic E-state index is -4.69. The Morgan fingerprint density at radius 2 is 1.56 bits per heavy atom. The molecular weight excluding hydrogens is 824 g/mol. The highest BCUT2D eigenvalue weighted by Gasteiger charge is 2.50. The maximum atomic E-state index is 14.7. The third kappa shape index (κ3) is 14.5. The number of para-hydroxylation sites is 1. The SMILES string of the molecule is C#C[C@]1(CO[P@@](=O)(N[C@@H](Cc2cc(F)cc(F)c2)C(=O)OCCCCCCCCCCCCCCCCCC)Oc2ccccc2)O[C@@H](n2cnc3c(N)nc(F)nc32)C[C@@H]1O. The Balaban J connectivity index is 1.19. The molecule has 3 heterocycles. The van der Waals surface area contributed by atoms with Crippen molar-refractivity contribution in [3.63, 3.8) is 0 Å². The number of aromatic nitrogens is 4. The van der Waals surface area contributed by atoms with Gasteiger partial charge < -0.3 is 24.8 Å². The fourth-order valence-corrected chi connectivity index (χ4v) is 9.02. The van der Waals surface area contributed by atoms with E-state index >= 15 is 0 Å². The number of carbonyl (C=O) groups excluding carboxylic acids is 1. The molecule has 2 aromatic carbocycles. The van der Waals surface area contributed by atoms with Gasteiger partial charge in [0.15, 0.2) is 22.6 Å². The molecule has 1 saturated heterocycles. The highest BCUT2D eigenvalue weighted by atomic mass is 31.2. The number of carbonyl (C=O) groups is 1. The Hall–Kier alpha value is -4.52. The third-order valence-electron chi connectivity index (χ3n) is 10.9. The van der Waals surface area contributed by atoms with Crippen molar-refractivity contribution in [2.24, 2.45) is 0 Å².